The van der Waals surface area contributed by atoms with Crippen LogP contribution in [0, 0.1) is 13.8 Å². The molecule has 0 aliphatic rings. The molecule has 0 saturated carbocycles. The first-order chi connectivity index (χ1) is 12.5. The van der Waals surface area contributed by atoms with E-state index < -0.39 is 0 Å². The topological polar surface area (TPSA) is 64.3 Å². The van der Waals surface area contributed by atoms with Crippen molar-refractivity contribution in [3.8, 4) is 5.69 Å². The van der Waals surface area contributed by atoms with Crippen LogP contribution in [0.3, 0.4) is 0 Å². The summed E-state index contributed by atoms with van der Waals surface area (Å²) >= 11 is 11.9. The van der Waals surface area contributed by atoms with Crippen LogP contribution >= 0.6 is 23.2 Å². The minimum Gasteiger partial charge on any atom is -0.349 e. The fourth-order valence-corrected chi connectivity index (χ4v) is 2.61. The number of aromatic nitrogens is 6. The van der Waals surface area contributed by atoms with Crippen molar-refractivity contribution in [2.45, 2.75) is 20.4 Å². The molecule has 4 aromatic rings. The fourth-order valence-electron chi connectivity index (χ4n) is 2.32. The van der Waals surface area contributed by atoms with E-state index >= 15 is 0 Å². The standard InChI is InChI=1S/C14H12Cl2N4.C4H6N2/c1-10-17-4-5-19(10)8-11-7-18-20(9-11)12-2-3-13(15)14(16)6-12;1-4-5-2-3-6-4/h2-7,9H,8H2,1H3;2-3H,1H3,(H,5,6). The largest absolute Gasteiger partial charge is 0.349 e. The minimum atomic E-state index is 0.520. The molecule has 134 valence electrons. The molecule has 3 heterocycles. The van der Waals surface area contributed by atoms with E-state index in [2.05, 4.69) is 24.6 Å². The number of halogens is 2. The number of nitrogens with zero attached hydrogens (tertiary/aromatic N) is 5. The first kappa shape index (κ1) is 18.2. The van der Waals surface area contributed by atoms with E-state index in [1.165, 1.54) is 0 Å². The lowest BCUT2D eigenvalue weighted by atomic mass is 10.3. The van der Waals surface area contributed by atoms with Crippen molar-refractivity contribution < 1.29 is 0 Å². The predicted molar refractivity (Wildman–Crippen MR) is 103 cm³/mol. The van der Waals surface area contributed by atoms with Crippen molar-refractivity contribution in [2.75, 3.05) is 0 Å². The number of aryl methyl sites for hydroxylation is 2. The summed E-state index contributed by atoms with van der Waals surface area (Å²) in [5.74, 6) is 1.95. The maximum Gasteiger partial charge on any atom is 0.105 e. The third-order valence-electron chi connectivity index (χ3n) is 3.72. The molecule has 0 bridgehead atoms. The Morgan fingerprint density at radius 2 is 1.92 bits per heavy atom. The van der Waals surface area contributed by atoms with Crippen molar-refractivity contribution >= 4 is 23.2 Å². The van der Waals surface area contributed by atoms with E-state index in [4.69, 9.17) is 23.2 Å². The van der Waals surface area contributed by atoms with Crippen molar-refractivity contribution in [3.05, 3.63) is 82.6 Å². The number of rotatable bonds is 3. The van der Waals surface area contributed by atoms with Crippen molar-refractivity contribution in [3.63, 3.8) is 0 Å². The summed E-state index contributed by atoms with van der Waals surface area (Å²) in [4.78, 5) is 11.0. The molecule has 1 N–H and O–H groups in total. The highest BCUT2D eigenvalue weighted by Crippen LogP contribution is 2.24. The second-order valence-electron chi connectivity index (χ2n) is 5.67. The van der Waals surface area contributed by atoms with Gasteiger partial charge in [-0.3, -0.25) is 0 Å². The number of hydrogen-bond donors (Lipinski definition) is 1. The van der Waals surface area contributed by atoms with Gasteiger partial charge >= 0.3 is 0 Å². The first-order valence-electron chi connectivity index (χ1n) is 7.95. The van der Waals surface area contributed by atoms with Crippen LogP contribution in [0.2, 0.25) is 10.0 Å². The second-order valence-corrected chi connectivity index (χ2v) is 6.48. The smallest absolute Gasteiger partial charge is 0.105 e. The third-order valence-corrected chi connectivity index (χ3v) is 4.45. The Labute approximate surface area is 161 Å². The van der Waals surface area contributed by atoms with Gasteiger partial charge in [0.15, 0.2) is 0 Å². The third kappa shape index (κ3) is 4.53. The van der Waals surface area contributed by atoms with Gasteiger partial charge in [0.05, 0.1) is 28.5 Å². The van der Waals surface area contributed by atoms with Gasteiger partial charge in [0.2, 0.25) is 0 Å². The van der Waals surface area contributed by atoms with Crippen LogP contribution in [-0.4, -0.2) is 29.3 Å². The minimum absolute atomic E-state index is 0.520. The SMILES string of the molecule is Cc1ncc[nH]1.Cc1nccn1Cc1cnn(-c2ccc(Cl)c(Cl)c2)c1. The van der Waals surface area contributed by atoms with Crippen LogP contribution in [0.25, 0.3) is 5.69 Å². The Bertz CT molecular complexity index is 971. The summed E-state index contributed by atoms with van der Waals surface area (Å²) in [5, 5.41) is 5.41. The second kappa shape index (κ2) is 8.21. The molecule has 0 atom stereocenters. The Kier molecular flexibility index (Phi) is 5.75. The summed E-state index contributed by atoms with van der Waals surface area (Å²) in [6.45, 7) is 4.64. The molecule has 0 amide bonds. The van der Waals surface area contributed by atoms with Gasteiger partial charge in [-0.25, -0.2) is 14.6 Å². The molecule has 4 rings (SSSR count). The van der Waals surface area contributed by atoms with Crippen LogP contribution in [0.1, 0.15) is 17.2 Å². The Morgan fingerprint density at radius 3 is 2.50 bits per heavy atom. The first-order valence-corrected chi connectivity index (χ1v) is 8.71. The van der Waals surface area contributed by atoms with Gasteiger partial charge < -0.3 is 9.55 Å². The van der Waals surface area contributed by atoms with E-state index in [0.717, 1.165) is 29.4 Å². The summed E-state index contributed by atoms with van der Waals surface area (Å²) in [6.07, 6.45) is 11.1. The number of hydrogen-bond acceptors (Lipinski definition) is 3. The predicted octanol–water partition coefficient (Wildman–Crippen LogP) is 4.45. The molecule has 0 saturated heterocycles. The number of aromatic amines is 1. The molecule has 8 heteroatoms. The van der Waals surface area contributed by atoms with E-state index in [-0.39, 0.29) is 0 Å². The highest BCUT2D eigenvalue weighted by Gasteiger charge is 2.05. The molecule has 26 heavy (non-hydrogen) atoms. The van der Waals surface area contributed by atoms with Crippen LogP contribution in [0.5, 0.6) is 0 Å². The average molecular weight is 389 g/mol. The van der Waals surface area contributed by atoms with Gasteiger partial charge in [0.1, 0.15) is 11.6 Å². The van der Waals surface area contributed by atoms with Crippen LogP contribution in [0.15, 0.2) is 55.4 Å². The molecule has 3 aromatic heterocycles. The number of imidazole rings is 2. The molecule has 1 aromatic carbocycles. The number of H-pyrrole nitrogens is 1. The zero-order valence-electron chi connectivity index (χ0n) is 14.4. The van der Waals surface area contributed by atoms with Crippen molar-refractivity contribution in [1.82, 2.24) is 29.3 Å². The number of nitrogens with one attached hydrogen (secondary N) is 1. The molecule has 6 nitrogen and oxygen atoms in total. The van der Waals surface area contributed by atoms with Crippen LogP contribution < -0.4 is 0 Å². The lowest BCUT2D eigenvalue weighted by molar-refractivity contribution is 0.761. The fraction of sp³-hybridized carbons (Fsp3) is 0.167. The van der Waals surface area contributed by atoms with Gasteiger partial charge in [-0.15, -0.1) is 0 Å². The van der Waals surface area contributed by atoms with E-state index in [9.17, 15) is 0 Å². The van der Waals surface area contributed by atoms with Gasteiger partial charge in [0, 0.05) is 36.5 Å². The zero-order valence-corrected chi connectivity index (χ0v) is 15.9. The summed E-state index contributed by atoms with van der Waals surface area (Å²) in [5.41, 5.74) is 1.98. The molecular formula is C18H18Cl2N6. The van der Waals surface area contributed by atoms with Gasteiger partial charge in [-0.05, 0) is 32.0 Å². The molecule has 0 unspecified atom stereocenters. The lowest BCUT2D eigenvalue weighted by Gasteiger charge is -2.03. The zero-order chi connectivity index (χ0) is 18.5. The maximum atomic E-state index is 6.02. The highest BCUT2D eigenvalue weighted by molar-refractivity contribution is 6.42. The maximum absolute atomic E-state index is 6.02. The molecule has 0 spiro atoms. The van der Waals surface area contributed by atoms with E-state index in [1.807, 2.05) is 38.5 Å². The van der Waals surface area contributed by atoms with E-state index in [0.29, 0.717) is 10.0 Å². The van der Waals surface area contributed by atoms with Crippen molar-refractivity contribution in [2.24, 2.45) is 0 Å². The Morgan fingerprint density at radius 1 is 1.08 bits per heavy atom. The van der Waals surface area contributed by atoms with Crippen LogP contribution in [-0.2, 0) is 6.54 Å². The monoisotopic (exact) mass is 388 g/mol. The Hall–Kier alpha value is -2.57. The quantitative estimate of drug-likeness (QED) is 0.563. The van der Waals surface area contributed by atoms with Crippen molar-refractivity contribution in [1.29, 1.82) is 0 Å². The average Bonchev–Trinajstić information content (AvgIpc) is 3.36. The molecule has 0 fully saturated rings. The normalized spacial score (nSPS) is 10.5. The highest BCUT2D eigenvalue weighted by atomic mass is 35.5. The van der Waals surface area contributed by atoms with Gasteiger partial charge in [0.25, 0.3) is 0 Å². The Balaban J connectivity index is 0.000000278. The lowest BCUT2D eigenvalue weighted by Crippen LogP contribution is -1.99. The summed E-state index contributed by atoms with van der Waals surface area (Å²) in [6, 6.07) is 5.44. The molecule has 0 aliphatic carbocycles. The molecule has 0 aliphatic heterocycles. The van der Waals surface area contributed by atoms with Gasteiger partial charge in [-0.2, -0.15) is 5.10 Å². The van der Waals surface area contributed by atoms with Gasteiger partial charge in [-0.1, -0.05) is 23.2 Å². The summed E-state index contributed by atoms with van der Waals surface area (Å²) in [7, 11) is 0. The summed E-state index contributed by atoms with van der Waals surface area (Å²) < 4.78 is 3.85. The van der Waals surface area contributed by atoms with Crippen LogP contribution in [0.4, 0.5) is 0 Å². The molecule has 0 radical (unpaired) electrons. The number of benzene rings is 1. The van der Waals surface area contributed by atoms with E-state index in [1.54, 1.807) is 35.4 Å². The molecular weight excluding hydrogens is 371 g/mol.